The minimum absolute atomic E-state index is 0.0138. The third kappa shape index (κ3) is 6.61. The number of fused-ring (bicyclic) bond motifs is 6. The molecule has 1 aromatic carbocycles. The number of hydrogen-bond acceptors (Lipinski definition) is 7. The van der Waals surface area contributed by atoms with Crippen molar-refractivity contribution < 1.29 is 4.74 Å². The number of nitrogens with zero attached hydrogens (tertiary/aromatic N) is 1. The van der Waals surface area contributed by atoms with E-state index in [1.165, 1.54) is 48.9 Å². The zero-order valence-electron chi connectivity index (χ0n) is 22.2. The first kappa shape index (κ1) is 26.0. The molecule has 6 bridgehead atoms. The number of nitrogens with one attached hydrogen (secondary N) is 4. The van der Waals surface area contributed by atoms with Crippen LogP contribution in [0.4, 0.5) is 0 Å². The second kappa shape index (κ2) is 11.8. The number of rotatable bonds is 3. The van der Waals surface area contributed by atoms with Crippen molar-refractivity contribution >= 4 is 11.9 Å². The predicted molar refractivity (Wildman–Crippen MR) is 146 cm³/mol. The van der Waals surface area contributed by atoms with Gasteiger partial charge in [-0.3, -0.25) is 15.5 Å². The molecular formula is C28H47N5OS. The van der Waals surface area contributed by atoms with Crippen LogP contribution >= 0.6 is 11.9 Å². The van der Waals surface area contributed by atoms with Gasteiger partial charge in [0.15, 0.2) is 0 Å². The molecule has 4 N–H and O–H groups in total. The molecule has 5 rings (SSSR count). The second-order valence-corrected chi connectivity index (χ2v) is 13.0. The van der Waals surface area contributed by atoms with Crippen molar-refractivity contribution in [2.75, 3.05) is 26.2 Å². The Balaban J connectivity index is 1.43. The van der Waals surface area contributed by atoms with Gasteiger partial charge in [0.25, 0.3) is 0 Å². The van der Waals surface area contributed by atoms with Gasteiger partial charge in [-0.05, 0) is 68.1 Å². The summed E-state index contributed by atoms with van der Waals surface area (Å²) in [6, 6.07) is 7.33. The summed E-state index contributed by atoms with van der Waals surface area (Å²) in [5.41, 5.74) is 4.16. The maximum atomic E-state index is 7.04. The number of ether oxygens (including phenoxy) is 1. The molecule has 0 spiro atoms. The van der Waals surface area contributed by atoms with E-state index in [1.54, 1.807) is 0 Å². The highest BCUT2D eigenvalue weighted by molar-refractivity contribution is 7.98. The van der Waals surface area contributed by atoms with Crippen molar-refractivity contribution in [2.24, 2.45) is 11.8 Å². The minimum Gasteiger partial charge on any atom is -0.357 e. The van der Waals surface area contributed by atoms with Gasteiger partial charge in [-0.1, -0.05) is 50.4 Å². The normalized spacial score (nSPS) is 38.7. The lowest BCUT2D eigenvalue weighted by atomic mass is 9.88. The summed E-state index contributed by atoms with van der Waals surface area (Å²) in [4.78, 5) is 2.71. The van der Waals surface area contributed by atoms with Crippen LogP contribution in [0.3, 0.4) is 0 Å². The molecule has 8 atom stereocenters. The van der Waals surface area contributed by atoms with Crippen molar-refractivity contribution in [1.29, 1.82) is 0 Å². The van der Waals surface area contributed by atoms with Crippen molar-refractivity contribution in [2.45, 2.75) is 102 Å². The van der Waals surface area contributed by atoms with Crippen molar-refractivity contribution in [1.82, 2.24) is 25.6 Å². The summed E-state index contributed by atoms with van der Waals surface area (Å²) in [5.74, 6) is 1.45. The summed E-state index contributed by atoms with van der Waals surface area (Å²) < 4.78 is 10.8. The summed E-state index contributed by atoms with van der Waals surface area (Å²) >= 11 is 1.95. The molecule has 6 nitrogen and oxygen atoms in total. The van der Waals surface area contributed by atoms with Gasteiger partial charge in [-0.25, -0.2) is 4.72 Å². The fraction of sp³-hybridized carbons (Fsp3) is 0.786. The van der Waals surface area contributed by atoms with Gasteiger partial charge in [0.1, 0.15) is 12.5 Å². The fourth-order valence-corrected chi connectivity index (χ4v) is 7.96. The van der Waals surface area contributed by atoms with Gasteiger partial charge in [0, 0.05) is 49.9 Å². The Bertz CT molecular complexity index is 817. The third-order valence-corrected chi connectivity index (χ3v) is 9.58. The molecule has 4 aliphatic rings. The maximum absolute atomic E-state index is 7.04. The van der Waals surface area contributed by atoms with E-state index in [0.717, 1.165) is 38.4 Å². The number of hydrogen-bond donors (Lipinski definition) is 4. The SMILES string of the molecule is Cc1cccc(C)c1C1CC2NC(NSC3CCCC(C3)CN3CCN[C@H](CC(C)C)[C@H](C3)O2)N1. The average molecular weight is 502 g/mol. The molecule has 3 saturated heterocycles. The molecule has 0 radical (unpaired) electrons. The van der Waals surface area contributed by atoms with Crippen LogP contribution in [0.1, 0.15) is 75.1 Å². The molecule has 0 aromatic heterocycles. The fourth-order valence-electron chi connectivity index (χ4n) is 6.84. The highest BCUT2D eigenvalue weighted by atomic mass is 32.2. The first-order valence-corrected chi connectivity index (χ1v) is 14.9. The summed E-state index contributed by atoms with van der Waals surface area (Å²) in [6.07, 6.45) is 7.70. The van der Waals surface area contributed by atoms with Crippen LogP contribution in [-0.2, 0) is 4.74 Å². The van der Waals surface area contributed by atoms with Gasteiger partial charge in [-0.15, -0.1) is 0 Å². The Morgan fingerprint density at radius 1 is 1.09 bits per heavy atom. The molecule has 4 fully saturated rings. The predicted octanol–water partition coefficient (Wildman–Crippen LogP) is 4.05. The molecule has 3 heterocycles. The zero-order valence-corrected chi connectivity index (χ0v) is 23.0. The van der Waals surface area contributed by atoms with Crippen molar-refractivity contribution in [3.05, 3.63) is 34.9 Å². The van der Waals surface area contributed by atoms with E-state index < -0.39 is 0 Å². The van der Waals surface area contributed by atoms with E-state index >= 15 is 0 Å². The Morgan fingerprint density at radius 2 is 1.91 bits per heavy atom. The smallest absolute Gasteiger partial charge is 0.123 e. The lowest BCUT2D eigenvalue weighted by Crippen LogP contribution is -2.62. The molecule has 1 aromatic rings. The average Bonchev–Trinajstić information content (AvgIpc) is 2.98. The van der Waals surface area contributed by atoms with Gasteiger partial charge >= 0.3 is 0 Å². The van der Waals surface area contributed by atoms with E-state index in [2.05, 4.69) is 71.5 Å². The summed E-state index contributed by atoms with van der Waals surface area (Å²) in [5, 5.41) is 12.2. The van der Waals surface area contributed by atoms with Crippen LogP contribution in [0.2, 0.25) is 0 Å². The second-order valence-electron chi connectivity index (χ2n) is 11.9. The van der Waals surface area contributed by atoms with E-state index in [-0.39, 0.29) is 24.7 Å². The quantitative estimate of drug-likeness (QED) is 0.466. The van der Waals surface area contributed by atoms with Crippen molar-refractivity contribution in [3.8, 4) is 0 Å². The van der Waals surface area contributed by atoms with Crippen LogP contribution in [0.25, 0.3) is 0 Å². The lowest BCUT2D eigenvalue weighted by molar-refractivity contribution is -0.0836. The van der Waals surface area contributed by atoms with Crippen LogP contribution in [0.15, 0.2) is 18.2 Å². The Kier molecular flexibility index (Phi) is 8.75. The molecular weight excluding hydrogens is 454 g/mol. The van der Waals surface area contributed by atoms with E-state index in [9.17, 15) is 0 Å². The van der Waals surface area contributed by atoms with Crippen molar-refractivity contribution in [3.63, 3.8) is 0 Å². The largest absolute Gasteiger partial charge is 0.357 e. The highest BCUT2D eigenvalue weighted by Crippen LogP contribution is 2.34. The van der Waals surface area contributed by atoms with Gasteiger partial charge in [0.2, 0.25) is 0 Å². The molecule has 6 unspecified atom stereocenters. The molecule has 7 heteroatoms. The topological polar surface area (TPSA) is 60.6 Å². The summed E-state index contributed by atoms with van der Waals surface area (Å²) in [7, 11) is 0. The summed E-state index contributed by atoms with van der Waals surface area (Å²) in [6.45, 7) is 13.6. The Labute approximate surface area is 217 Å². The van der Waals surface area contributed by atoms with Crippen LogP contribution < -0.4 is 20.7 Å². The number of aryl methyl sites for hydroxylation is 2. The van der Waals surface area contributed by atoms with E-state index in [4.69, 9.17) is 4.74 Å². The Hall–Kier alpha value is -0.670. The molecule has 196 valence electrons. The first-order valence-electron chi connectivity index (χ1n) is 14.0. The molecule has 1 aliphatic carbocycles. The van der Waals surface area contributed by atoms with Gasteiger partial charge in [-0.2, -0.15) is 0 Å². The molecule has 3 aliphatic heterocycles. The zero-order chi connectivity index (χ0) is 24.4. The van der Waals surface area contributed by atoms with E-state index in [0.29, 0.717) is 17.2 Å². The number of benzene rings is 1. The molecule has 1 saturated carbocycles. The minimum atomic E-state index is 0.0138. The standard InChI is InChI=1S/C28H47N5OS/c1-18(2)13-23-25-17-33(12-11-29-23)16-21-9-6-10-22(14-21)35-32-28-30-24(15-26(31-28)34-25)27-19(3)7-5-8-20(27)4/h5,7-8,18,21-26,28-32H,6,9-17H2,1-4H3/t21?,22?,23-,24?,25+,26?,28?/m1/s1. The van der Waals surface area contributed by atoms with Crippen LogP contribution in [0, 0.1) is 25.7 Å². The van der Waals surface area contributed by atoms with Crippen LogP contribution in [0.5, 0.6) is 0 Å². The Morgan fingerprint density at radius 3 is 2.71 bits per heavy atom. The highest BCUT2D eigenvalue weighted by Gasteiger charge is 2.37. The van der Waals surface area contributed by atoms with E-state index in [1.807, 2.05) is 11.9 Å². The van der Waals surface area contributed by atoms with Crippen LogP contribution in [-0.4, -0.2) is 61.0 Å². The third-order valence-electron chi connectivity index (χ3n) is 8.45. The first-order chi connectivity index (χ1) is 16.9. The van der Waals surface area contributed by atoms with Gasteiger partial charge in [0.05, 0.1) is 6.10 Å². The maximum Gasteiger partial charge on any atom is 0.123 e. The van der Waals surface area contributed by atoms with Gasteiger partial charge < -0.3 is 10.1 Å². The monoisotopic (exact) mass is 501 g/mol. The molecule has 35 heavy (non-hydrogen) atoms. The lowest BCUT2D eigenvalue weighted by Gasteiger charge is -2.41. The molecule has 0 amide bonds.